The maximum Gasteiger partial charge on any atom is 0.323 e. The Morgan fingerprint density at radius 1 is 1.15 bits per heavy atom. The van der Waals surface area contributed by atoms with Crippen LogP contribution in [0.3, 0.4) is 0 Å². The number of hydrogen-bond acceptors (Lipinski definition) is 4. The quantitative estimate of drug-likeness (QED) is 0.680. The van der Waals surface area contributed by atoms with Gasteiger partial charge in [0.1, 0.15) is 4.21 Å². The zero-order valence-electron chi connectivity index (χ0n) is 10.2. The van der Waals surface area contributed by atoms with Crippen LogP contribution in [0.25, 0.3) is 11.0 Å². The molecule has 0 saturated carbocycles. The van der Waals surface area contributed by atoms with Crippen LogP contribution in [-0.4, -0.2) is 18.4 Å². The third-order valence-corrected chi connectivity index (χ3v) is 5.61. The van der Waals surface area contributed by atoms with Gasteiger partial charge in [0.25, 0.3) is 0 Å². The molecule has 0 aliphatic heterocycles. The molecule has 0 aliphatic rings. The Labute approximate surface area is 118 Å². The minimum atomic E-state index is -3.47. The molecule has 3 N–H and O–H groups in total. The fourth-order valence-corrected chi connectivity index (χ4v) is 3.91. The predicted molar refractivity (Wildman–Crippen MR) is 77.3 cm³/mol. The minimum absolute atomic E-state index is 0.170. The van der Waals surface area contributed by atoms with Crippen LogP contribution in [0.15, 0.2) is 44.7 Å². The first kappa shape index (κ1) is 13.1. The van der Waals surface area contributed by atoms with E-state index < -0.39 is 10.0 Å². The molecular formula is C12H11N3O3S2. The van der Waals surface area contributed by atoms with Crippen LogP contribution in [0.2, 0.25) is 0 Å². The molecule has 2 heterocycles. The monoisotopic (exact) mass is 309 g/mol. The molecule has 1 aromatic carbocycles. The van der Waals surface area contributed by atoms with Gasteiger partial charge in [0.05, 0.1) is 11.0 Å². The highest BCUT2D eigenvalue weighted by Gasteiger charge is 2.14. The Hall–Kier alpha value is -1.90. The zero-order valence-corrected chi connectivity index (χ0v) is 11.8. The average Bonchev–Trinajstić information content (AvgIpc) is 3.04. The first-order valence-corrected chi connectivity index (χ1v) is 8.15. The maximum atomic E-state index is 12.0. The summed E-state index contributed by atoms with van der Waals surface area (Å²) in [7, 11) is -3.47. The Kier molecular flexibility index (Phi) is 3.20. The first-order chi connectivity index (χ1) is 9.54. The van der Waals surface area contributed by atoms with Gasteiger partial charge in [-0.25, -0.2) is 17.9 Å². The largest absolute Gasteiger partial charge is 0.323 e. The minimum Gasteiger partial charge on any atom is -0.306 e. The molecular weight excluding hydrogens is 298 g/mol. The van der Waals surface area contributed by atoms with Gasteiger partial charge in [-0.1, -0.05) is 12.1 Å². The van der Waals surface area contributed by atoms with Crippen LogP contribution in [0.5, 0.6) is 0 Å². The average molecular weight is 309 g/mol. The van der Waals surface area contributed by atoms with E-state index in [2.05, 4.69) is 14.7 Å². The summed E-state index contributed by atoms with van der Waals surface area (Å²) in [6.45, 7) is 0.170. The number of nitrogens with one attached hydrogen (secondary N) is 3. The van der Waals surface area contributed by atoms with E-state index in [1.54, 1.807) is 35.7 Å². The van der Waals surface area contributed by atoms with Gasteiger partial charge < -0.3 is 9.97 Å². The SMILES string of the molecule is O=c1[nH]c2ccc(CNS(=O)(=O)c3cccs3)cc2[nH]1. The smallest absolute Gasteiger partial charge is 0.306 e. The number of fused-ring (bicyclic) bond motifs is 1. The van der Waals surface area contributed by atoms with Crippen molar-refractivity contribution in [1.82, 2.24) is 14.7 Å². The highest BCUT2D eigenvalue weighted by Crippen LogP contribution is 2.16. The molecule has 3 rings (SSSR count). The molecule has 0 aliphatic carbocycles. The molecule has 0 atom stereocenters. The second-order valence-corrected chi connectivity index (χ2v) is 7.16. The Balaban J connectivity index is 1.82. The Morgan fingerprint density at radius 3 is 2.70 bits per heavy atom. The van der Waals surface area contributed by atoms with Gasteiger partial charge in [-0.2, -0.15) is 0 Å². The van der Waals surface area contributed by atoms with Gasteiger partial charge in [-0.15, -0.1) is 11.3 Å². The highest BCUT2D eigenvalue weighted by atomic mass is 32.2. The normalized spacial score (nSPS) is 12.0. The standard InChI is InChI=1S/C12H11N3O3S2/c16-12-14-9-4-3-8(6-10(9)15-12)7-13-20(17,18)11-2-1-5-19-11/h1-6,13H,7H2,(H2,14,15,16). The van der Waals surface area contributed by atoms with Gasteiger partial charge in [0.15, 0.2) is 0 Å². The number of imidazole rings is 1. The third-order valence-electron chi connectivity index (χ3n) is 2.81. The van der Waals surface area contributed by atoms with Gasteiger partial charge in [0, 0.05) is 6.54 Å². The van der Waals surface area contributed by atoms with Gasteiger partial charge in [-0.05, 0) is 29.1 Å². The molecule has 20 heavy (non-hydrogen) atoms. The van der Waals surface area contributed by atoms with Crippen molar-refractivity contribution in [2.24, 2.45) is 0 Å². The topological polar surface area (TPSA) is 94.8 Å². The zero-order chi connectivity index (χ0) is 14.2. The van der Waals surface area contributed by atoms with Gasteiger partial charge >= 0.3 is 5.69 Å². The number of benzene rings is 1. The summed E-state index contributed by atoms with van der Waals surface area (Å²) in [5, 5.41) is 1.71. The van der Waals surface area contributed by atoms with Crippen molar-refractivity contribution in [3.05, 3.63) is 51.8 Å². The van der Waals surface area contributed by atoms with Crippen molar-refractivity contribution in [1.29, 1.82) is 0 Å². The van der Waals surface area contributed by atoms with E-state index in [-0.39, 0.29) is 16.4 Å². The fourth-order valence-electron chi connectivity index (χ4n) is 1.86. The maximum absolute atomic E-state index is 12.0. The van der Waals surface area contributed by atoms with Crippen molar-refractivity contribution in [2.75, 3.05) is 0 Å². The lowest BCUT2D eigenvalue weighted by molar-refractivity contribution is 0.583. The molecule has 0 unspecified atom stereocenters. The second-order valence-electron chi connectivity index (χ2n) is 4.22. The lowest BCUT2D eigenvalue weighted by Crippen LogP contribution is -2.22. The predicted octanol–water partition coefficient (Wildman–Crippen LogP) is 1.40. The van der Waals surface area contributed by atoms with E-state index in [0.29, 0.717) is 11.0 Å². The van der Waals surface area contributed by atoms with E-state index in [9.17, 15) is 13.2 Å². The summed E-state index contributed by atoms with van der Waals surface area (Å²) in [6.07, 6.45) is 0. The molecule has 2 aromatic heterocycles. The van der Waals surface area contributed by atoms with Gasteiger partial charge in [-0.3, -0.25) is 0 Å². The summed E-state index contributed by atoms with van der Waals surface area (Å²) in [4.78, 5) is 16.4. The summed E-state index contributed by atoms with van der Waals surface area (Å²) in [6, 6.07) is 8.49. The third kappa shape index (κ3) is 2.53. The molecule has 0 bridgehead atoms. The Morgan fingerprint density at radius 2 is 1.95 bits per heavy atom. The van der Waals surface area contributed by atoms with Crippen LogP contribution in [0.4, 0.5) is 0 Å². The highest BCUT2D eigenvalue weighted by molar-refractivity contribution is 7.91. The van der Waals surface area contributed by atoms with Crippen LogP contribution >= 0.6 is 11.3 Å². The number of sulfonamides is 1. The van der Waals surface area contributed by atoms with E-state index in [0.717, 1.165) is 5.56 Å². The first-order valence-electron chi connectivity index (χ1n) is 5.79. The molecule has 8 heteroatoms. The van der Waals surface area contributed by atoms with Crippen molar-refractivity contribution >= 4 is 32.4 Å². The van der Waals surface area contributed by atoms with Crippen molar-refractivity contribution in [3.8, 4) is 0 Å². The number of aromatic amines is 2. The number of H-pyrrole nitrogens is 2. The molecule has 0 spiro atoms. The molecule has 0 fully saturated rings. The lowest BCUT2D eigenvalue weighted by Gasteiger charge is -2.04. The van der Waals surface area contributed by atoms with Crippen LogP contribution in [0.1, 0.15) is 5.56 Å². The number of thiophene rings is 1. The Bertz CT molecular complexity index is 892. The second kappa shape index (κ2) is 4.89. The van der Waals surface area contributed by atoms with Gasteiger partial charge in [0.2, 0.25) is 10.0 Å². The van der Waals surface area contributed by atoms with Crippen molar-refractivity contribution < 1.29 is 8.42 Å². The van der Waals surface area contributed by atoms with Crippen molar-refractivity contribution in [2.45, 2.75) is 10.8 Å². The summed E-state index contributed by atoms with van der Waals surface area (Å²) >= 11 is 1.17. The molecule has 0 amide bonds. The summed E-state index contributed by atoms with van der Waals surface area (Å²) in [5.74, 6) is 0. The lowest BCUT2D eigenvalue weighted by atomic mass is 10.2. The number of aromatic nitrogens is 2. The van der Waals surface area contributed by atoms with E-state index in [1.165, 1.54) is 11.3 Å². The summed E-state index contributed by atoms with van der Waals surface area (Å²) < 4.78 is 26.8. The van der Waals surface area contributed by atoms with Crippen LogP contribution in [-0.2, 0) is 16.6 Å². The molecule has 3 aromatic rings. The molecule has 6 nitrogen and oxygen atoms in total. The van der Waals surface area contributed by atoms with E-state index in [1.807, 2.05) is 0 Å². The number of hydrogen-bond donors (Lipinski definition) is 3. The summed E-state index contributed by atoms with van der Waals surface area (Å²) in [5.41, 5.74) is 1.84. The van der Waals surface area contributed by atoms with E-state index in [4.69, 9.17) is 0 Å². The fraction of sp³-hybridized carbons (Fsp3) is 0.0833. The molecule has 104 valence electrons. The van der Waals surface area contributed by atoms with Crippen LogP contribution in [0, 0.1) is 0 Å². The van der Waals surface area contributed by atoms with E-state index >= 15 is 0 Å². The number of rotatable bonds is 4. The molecule has 0 saturated heterocycles. The van der Waals surface area contributed by atoms with Crippen LogP contribution < -0.4 is 10.4 Å². The van der Waals surface area contributed by atoms with Crippen molar-refractivity contribution in [3.63, 3.8) is 0 Å². The molecule has 0 radical (unpaired) electrons.